The lowest BCUT2D eigenvalue weighted by Crippen LogP contribution is -2.43. The molecule has 1 aliphatic heterocycles. The summed E-state index contributed by atoms with van der Waals surface area (Å²) in [5.41, 5.74) is 0. The van der Waals surface area contributed by atoms with Gasteiger partial charge in [-0.3, -0.25) is 0 Å². The Bertz CT molecular complexity index is 144. The van der Waals surface area contributed by atoms with Crippen LogP contribution in [0, 0.1) is 0 Å². The first-order valence-electron chi connectivity index (χ1n) is 4.38. The van der Waals surface area contributed by atoms with Crippen molar-refractivity contribution in [2.75, 3.05) is 20.2 Å². The van der Waals surface area contributed by atoms with Crippen LogP contribution < -0.4 is 10.6 Å². The van der Waals surface area contributed by atoms with Gasteiger partial charge in [-0.2, -0.15) is 0 Å². The van der Waals surface area contributed by atoms with Gasteiger partial charge in [0.05, 0.1) is 7.11 Å². The normalized spacial score (nSPS) is 23.2. The van der Waals surface area contributed by atoms with Gasteiger partial charge >= 0.3 is 6.09 Å². The minimum Gasteiger partial charge on any atom is -0.453 e. The van der Waals surface area contributed by atoms with Crippen molar-refractivity contribution >= 4 is 6.09 Å². The second kappa shape index (κ2) is 4.98. The summed E-state index contributed by atoms with van der Waals surface area (Å²) < 4.78 is 4.46. The third-order valence-electron chi connectivity index (χ3n) is 2.09. The average molecular weight is 172 g/mol. The van der Waals surface area contributed by atoms with E-state index in [1.54, 1.807) is 0 Å². The van der Waals surface area contributed by atoms with Crippen molar-refractivity contribution in [1.29, 1.82) is 0 Å². The van der Waals surface area contributed by atoms with Crippen LogP contribution in [0.2, 0.25) is 0 Å². The molecule has 1 fully saturated rings. The van der Waals surface area contributed by atoms with E-state index in [9.17, 15) is 4.79 Å². The molecule has 0 bridgehead atoms. The van der Waals surface area contributed by atoms with Crippen molar-refractivity contribution in [2.24, 2.45) is 0 Å². The van der Waals surface area contributed by atoms with Crippen LogP contribution in [-0.4, -0.2) is 32.3 Å². The summed E-state index contributed by atoms with van der Waals surface area (Å²) in [6.07, 6.45) is 3.29. The molecule has 0 aromatic heterocycles. The molecule has 0 unspecified atom stereocenters. The summed E-state index contributed by atoms with van der Waals surface area (Å²) in [5.74, 6) is 0. The number of hydrogen-bond donors (Lipinski definition) is 2. The van der Waals surface area contributed by atoms with Crippen LogP contribution in [-0.2, 0) is 4.74 Å². The maximum Gasteiger partial charge on any atom is 0.406 e. The van der Waals surface area contributed by atoms with Crippen molar-refractivity contribution in [3.63, 3.8) is 0 Å². The predicted octanol–water partition coefficient (Wildman–Crippen LogP) is 0.484. The van der Waals surface area contributed by atoms with Gasteiger partial charge in [-0.1, -0.05) is 6.42 Å². The molecule has 4 heteroatoms. The Morgan fingerprint density at radius 2 is 2.50 bits per heavy atom. The molecule has 2 N–H and O–H groups in total. The summed E-state index contributed by atoms with van der Waals surface area (Å²) in [5, 5.41) is 6.01. The largest absolute Gasteiger partial charge is 0.453 e. The Morgan fingerprint density at radius 3 is 3.08 bits per heavy atom. The summed E-state index contributed by atoms with van der Waals surface area (Å²) in [6.45, 7) is 1.74. The number of rotatable bonds is 2. The van der Waals surface area contributed by atoms with Gasteiger partial charge in [0.1, 0.15) is 0 Å². The molecular weight excluding hydrogens is 156 g/mol. The Balaban J connectivity index is 2.09. The lowest BCUT2D eigenvalue weighted by Gasteiger charge is -2.23. The molecule has 0 aromatic rings. The first-order valence-corrected chi connectivity index (χ1v) is 4.38. The minimum atomic E-state index is -0.345. The summed E-state index contributed by atoms with van der Waals surface area (Å²) in [4.78, 5) is 10.7. The van der Waals surface area contributed by atoms with Crippen LogP contribution in [0.3, 0.4) is 0 Å². The van der Waals surface area contributed by atoms with Gasteiger partial charge in [-0.15, -0.1) is 0 Å². The number of ether oxygens (including phenoxy) is 1. The molecular formula is C8H16N2O2. The zero-order chi connectivity index (χ0) is 8.81. The van der Waals surface area contributed by atoms with Crippen molar-refractivity contribution in [2.45, 2.75) is 25.3 Å². The molecule has 12 heavy (non-hydrogen) atoms. The Morgan fingerprint density at radius 1 is 1.67 bits per heavy atom. The highest BCUT2D eigenvalue weighted by Crippen LogP contribution is 2.05. The third kappa shape index (κ3) is 3.09. The summed E-state index contributed by atoms with van der Waals surface area (Å²) in [6, 6.07) is 0.429. The van der Waals surface area contributed by atoms with Crippen molar-refractivity contribution < 1.29 is 9.53 Å². The van der Waals surface area contributed by atoms with Crippen LogP contribution in [0.5, 0.6) is 0 Å². The highest BCUT2D eigenvalue weighted by molar-refractivity contribution is 5.66. The van der Waals surface area contributed by atoms with E-state index in [0.29, 0.717) is 12.6 Å². The molecule has 70 valence electrons. The maximum atomic E-state index is 10.7. The van der Waals surface area contributed by atoms with Gasteiger partial charge in [0.15, 0.2) is 0 Å². The van der Waals surface area contributed by atoms with Gasteiger partial charge < -0.3 is 15.4 Å². The molecule has 4 nitrogen and oxygen atoms in total. The lowest BCUT2D eigenvalue weighted by atomic mass is 10.1. The molecule has 1 heterocycles. The molecule has 0 radical (unpaired) electrons. The van der Waals surface area contributed by atoms with Crippen molar-refractivity contribution in [3.05, 3.63) is 0 Å². The fourth-order valence-corrected chi connectivity index (χ4v) is 1.38. The Kier molecular flexibility index (Phi) is 3.87. The van der Waals surface area contributed by atoms with Gasteiger partial charge in [0, 0.05) is 12.6 Å². The highest BCUT2D eigenvalue weighted by atomic mass is 16.5. The maximum absolute atomic E-state index is 10.7. The van der Waals surface area contributed by atoms with Crippen LogP contribution in [0.4, 0.5) is 4.79 Å². The van der Waals surface area contributed by atoms with Crippen molar-refractivity contribution in [1.82, 2.24) is 10.6 Å². The quantitative estimate of drug-likeness (QED) is 0.637. The zero-order valence-electron chi connectivity index (χ0n) is 7.43. The SMILES string of the molecule is COC(=O)NC[C@H]1CCCCN1. The number of carbonyl (C=O) groups excluding carboxylic acids is 1. The molecule has 0 aromatic carbocycles. The van der Waals surface area contributed by atoms with E-state index in [-0.39, 0.29) is 6.09 Å². The predicted molar refractivity (Wildman–Crippen MR) is 46.0 cm³/mol. The van der Waals surface area contributed by atoms with E-state index in [1.165, 1.54) is 20.0 Å². The fourth-order valence-electron chi connectivity index (χ4n) is 1.38. The van der Waals surface area contributed by atoms with Crippen LogP contribution >= 0.6 is 0 Å². The van der Waals surface area contributed by atoms with Crippen molar-refractivity contribution in [3.8, 4) is 0 Å². The highest BCUT2D eigenvalue weighted by Gasteiger charge is 2.12. The minimum absolute atomic E-state index is 0.345. The molecule has 1 rings (SSSR count). The average Bonchev–Trinajstić information content (AvgIpc) is 2.16. The number of carbonyl (C=O) groups is 1. The smallest absolute Gasteiger partial charge is 0.406 e. The van der Waals surface area contributed by atoms with E-state index in [0.717, 1.165) is 13.0 Å². The van der Waals surface area contributed by atoms with Gasteiger partial charge in [0.2, 0.25) is 0 Å². The molecule has 1 amide bonds. The number of alkyl carbamates (subject to hydrolysis) is 1. The fraction of sp³-hybridized carbons (Fsp3) is 0.875. The van der Waals surface area contributed by atoms with Gasteiger partial charge in [0.25, 0.3) is 0 Å². The Labute approximate surface area is 72.7 Å². The standard InChI is InChI=1S/C8H16N2O2/c1-12-8(11)10-6-7-4-2-3-5-9-7/h7,9H,2-6H2,1H3,(H,10,11)/t7-/m1/s1. The second-order valence-electron chi connectivity index (χ2n) is 3.02. The number of amides is 1. The van der Waals surface area contributed by atoms with E-state index < -0.39 is 0 Å². The molecule has 1 aliphatic rings. The number of nitrogens with one attached hydrogen (secondary N) is 2. The Hall–Kier alpha value is -0.770. The third-order valence-corrected chi connectivity index (χ3v) is 2.09. The van der Waals surface area contributed by atoms with Gasteiger partial charge in [-0.05, 0) is 19.4 Å². The monoisotopic (exact) mass is 172 g/mol. The van der Waals surface area contributed by atoms with Crippen LogP contribution in [0.15, 0.2) is 0 Å². The molecule has 0 spiro atoms. The lowest BCUT2D eigenvalue weighted by molar-refractivity contribution is 0.169. The zero-order valence-corrected chi connectivity index (χ0v) is 7.43. The first kappa shape index (κ1) is 9.32. The second-order valence-corrected chi connectivity index (χ2v) is 3.02. The first-order chi connectivity index (χ1) is 5.83. The number of hydrogen-bond acceptors (Lipinski definition) is 3. The van der Waals surface area contributed by atoms with E-state index >= 15 is 0 Å². The van der Waals surface area contributed by atoms with Crippen LogP contribution in [0.25, 0.3) is 0 Å². The van der Waals surface area contributed by atoms with E-state index in [2.05, 4.69) is 15.4 Å². The van der Waals surface area contributed by atoms with Crippen LogP contribution in [0.1, 0.15) is 19.3 Å². The summed E-state index contributed by atoms with van der Waals surface area (Å²) >= 11 is 0. The van der Waals surface area contributed by atoms with E-state index in [1.807, 2.05) is 0 Å². The number of methoxy groups -OCH3 is 1. The summed E-state index contributed by atoms with van der Waals surface area (Å²) in [7, 11) is 1.38. The van der Waals surface area contributed by atoms with E-state index in [4.69, 9.17) is 0 Å². The molecule has 1 atom stereocenters. The molecule has 0 saturated carbocycles. The molecule has 0 aliphatic carbocycles. The van der Waals surface area contributed by atoms with Gasteiger partial charge in [-0.25, -0.2) is 4.79 Å². The topological polar surface area (TPSA) is 50.4 Å². The molecule has 1 saturated heterocycles. The number of piperidine rings is 1.